The second kappa shape index (κ2) is 9.98. The van der Waals surface area contributed by atoms with E-state index >= 15 is 0 Å². The molecule has 12 heteroatoms. The normalized spacial score (nSPS) is 12.6. The van der Waals surface area contributed by atoms with Gasteiger partial charge in [0, 0.05) is 6.08 Å². The van der Waals surface area contributed by atoms with Crippen molar-refractivity contribution in [1.82, 2.24) is 0 Å². The molecule has 0 aliphatic carbocycles. The molecule has 1 N–H and O–H groups in total. The van der Waals surface area contributed by atoms with E-state index < -0.39 is 54.8 Å². The van der Waals surface area contributed by atoms with Gasteiger partial charge in [0.1, 0.15) is 25.1 Å². The Bertz CT molecular complexity index is 748. The topological polar surface area (TPSA) is 108 Å². The summed E-state index contributed by atoms with van der Waals surface area (Å²) in [5, 5.41) is 8.53. The molecule has 160 valence electrons. The summed E-state index contributed by atoms with van der Waals surface area (Å²) in [4.78, 5) is 37.5. The SMILES string of the molecule is C=CC(=O)OCCOC(=O)C(F)(F)C(F)(F)C(=O)Oc1ccc([C@H](C)OO)cc1. The monoisotopic (exact) mass is 424 g/mol. The predicted octanol–water partition coefficient (Wildman–Crippen LogP) is 2.69. The smallest absolute Gasteiger partial charge is 0.416 e. The molecular formula is C17H16F4O8. The van der Waals surface area contributed by atoms with Crippen LogP contribution in [0.2, 0.25) is 0 Å². The van der Waals surface area contributed by atoms with Crippen molar-refractivity contribution in [1.29, 1.82) is 0 Å². The summed E-state index contributed by atoms with van der Waals surface area (Å²) in [6.45, 7) is 2.85. The van der Waals surface area contributed by atoms with E-state index in [1.165, 1.54) is 19.1 Å². The van der Waals surface area contributed by atoms with Crippen LogP contribution in [-0.2, 0) is 28.7 Å². The van der Waals surface area contributed by atoms with Gasteiger partial charge >= 0.3 is 29.8 Å². The van der Waals surface area contributed by atoms with Gasteiger partial charge in [0.05, 0.1) is 0 Å². The highest BCUT2D eigenvalue weighted by atomic mass is 19.3. The molecule has 0 aliphatic rings. The zero-order chi connectivity index (χ0) is 22.2. The van der Waals surface area contributed by atoms with Crippen LogP contribution in [0.4, 0.5) is 17.6 Å². The molecule has 0 bridgehead atoms. The van der Waals surface area contributed by atoms with Crippen molar-refractivity contribution in [3.05, 3.63) is 42.5 Å². The molecule has 1 atom stereocenters. The average molecular weight is 424 g/mol. The third-order valence-electron chi connectivity index (χ3n) is 3.35. The summed E-state index contributed by atoms with van der Waals surface area (Å²) < 4.78 is 67.5. The number of carbonyl (C=O) groups is 3. The molecule has 0 amide bonds. The van der Waals surface area contributed by atoms with Crippen LogP contribution in [0.25, 0.3) is 0 Å². The molecule has 0 unspecified atom stereocenters. The molecule has 0 saturated carbocycles. The van der Waals surface area contributed by atoms with E-state index in [9.17, 15) is 31.9 Å². The quantitative estimate of drug-likeness (QED) is 0.116. The lowest BCUT2D eigenvalue weighted by molar-refractivity contribution is -0.277. The lowest BCUT2D eigenvalue weighted by Gasteiger charge is -2.23. The Morgan fingerprint density at radius 2 is 1.55 bits per heavy atom. The Balaban J connectivity index is 2.75. The van der Waals surface area contributed by atoms with Crippen LogP contribution in [-0.4, -0.2) is 48.2 Å². The van der Waals surface area contributed by atoms with Crippen LogP contribution in [0, 0.1) is 0 Å². The van der Waals surface area contributed by atoms with Gasteiger partial charge in [0.25, 0.3) is 0 Å². The van der Waals surface area contributed by atoms with Crippen LogP contribution in [0.5, 0.6) is 5.75 Å². The summed E-state index contributed by atoms with van der Waals surface area (Å²) in [6.07, 6.45) is -0.0454. The fourth-order valence-corrected chi connectivity index (χ4v) is 1.72. The van der Waals surface area contributed by atoms with Gasteiger partial charge in [0.2, 0.25) is 0 Å². The van der Waals surface area contributed by atoms with E-state index in [1.54, 1.807) is 0 Å². The number of alkyl halides is 4. The summed E-state index contributed by atoms with van der Waals surface area (Å²) in [5.74, 6) is -18.0. The van der Waals surface area contributed by atoms with Crippen molar-refractivity contribution < 1.29 is 56.3 Å². The molecule has 8 nitrogen and oxygen atoms in total. The minimum Gasteiger partial charge on any atom is -0.459 e. The van der Waals surface area contributed by atoms with Gasteiger partial charge in [-0.3, -0.25) is 5.26 Å². The van der Waals surface area contributed by atoms with Gasteiger partial charge in [-0.05, 0) is 24.6 Å². The Morgan fingerprint density at radius 1 is 1.03 bits per heavy atom. The van der Waals surface area contributed by atoms with E-state index in [1.807, 2.05) is 0 Å². The second-order valence-electron chi connectivity index (χ2n) is 5.36. The number of hydrogen-bond acceptors (Lipinski definition) is 8. The number of hydrogen-bond donors (Lipinski definition) is 1. The number of benzene rings is 1. The third-order valence-corrected chi connectivity index (χ3v) is 3.35. The number of esters is 3. The average Bonchev–Trinajstić information content (AvgIpc) is 2.70. The van der Waals surface area contributed by atoms with E-state index in [-0.39, 0.29) is 0 Å². The van der Waals surface area contributed by atoms with Crippen LogP contribution in [0.1, 0.15) is 18.6 Å². The van der Waals surface area contributed by atoms with Gasteiger partial charge in [-0.25, -0.2) is 19.3 Å². The zero-order valence-corrected chi connectivity index (χ0v) is 14.9. The Labute approximate surface area is 161 Å². The first-order valence-electron chi connectivity index (χ1n) is 7.81. The van der Waals surface area contributed by atoms with Gasteiger partial charge < -0.3 is 14.2 Å². The number of ether oxygens (including phenoxy) is 3. The van der Waals surface area contributed by atoms with E-state index in [4.69, 9.17) is 5.26 Å². The molecule has 0 spiro atoms. The second-order valence-corrected chi connectivity index (χ2v) is 5.36. The molecule has 0 radical (unpaired) electrons. The highest BCUT2D eigenvalue weighted by Gasteiger charge is 2.69. The maximum absolute atomic E-state index is 13.8. The number of halogens is 4. The van der Waals surface area contributed by atoms with Gasteiger partial charge in [-0.2, -0.15) is 17.6 Å². The maximum atomic E-state index is 13.8. The number of rotatable bonds is 10. The molecule has 0 saturated heterocycles. The lowest BCUT2D eigenvalue weighted by Crippen LogP contribution is -2.54. The predicted molar refractivity (Wildman–Crippen MR) is 86.2 cm³/mol. The fourth-order valence-electron chi connectivity index (χ4n) is 1.72. The summed E-state index contributed by atoms with van der Waals surface area (Å²) in [5.41, 5.74) is 0.366. The molecule has 1 aromatic rings. The molecule has 29 heavy (non-hydrogen) atoms. The molecule has 0 aromatic heterocycles. The third kappa shape index (κ3) is 5.99. The van der Waals surface area contributed by atoms with E-state index in [2.05, 4.69) is 25.7 Å². The molecular weight excluding hydrogens is 408 g/mol. The van der Waals surface area contributed by atoms with Crippen LogP contribution < -0.4 is 4.74 Å². The maximum Gasteiger partial charge on any atom is 0.416 e. The molecule has 1 aromatic carbocycles. The molecule has 0 aliphatic heterocycles. The Morgan fingerprint density at radius 3 is 2.07 bits per heavy atom. The van der Waals surface area contributed by atoms with Crippen LogP contribution >= 0.6 is 0 Å². The fraction of sp³-hybridized carbons (Fsp3) is 0.353. The highest BCUT2D eigenvalue weighted by Crippen LogP contribution is 2.37. The number of carbonyl (C=O) groups excluding carboxylic acids is 3. The Kier molecular flexibility index (Phi) is 8.28. The highest BCUT2D eigenvalue weighted by molar-refractivity contribution is 5.91. The van der Waals surface area contributed by atoms with Gasteiger partial charge in [0.15, 0.2) is 0 Å². The minimum atomic E-state index is -5.55. The van der Waals surface area contributed by atoms with E-state index in [0.29, 0.717) is 5.56 Å². The van der Waals surface area contributed by atoms with Crippen LogP contribution in [0.3, 0.4) is 0 Å². The Hall–Kier alpha value is -2.99. The summed E-state index contributed by atoms with van der Waals surface area (Å²) in [6, 6.07) is 4.42. The summed E-state index contributed by atoms with van der Waals surface area (Å²) >= 11 is 0. The van der Waals surface area contributed by atoms with Crippen molar-refractivity contribution in [3.63, 3.8) is 0 Å². The molecule has 0 fully saturated rings. The van der Waals surface area contributed by atoms with Crippen molar-refractivity contribution in [2.24, 2.45) is 0 Å². The van der Waals surface area contributed by atoms with Crippen molar-refractivity contribution in [2.75, 3.05) is 13.2 Å². The minimum absolute atomic E-state index is 0.366. The van der Waals surface area contributed by atoms with Gasteiger partial charge in [-0.1, -0.05) is 18.7 Å². The van der Waals surface area contributed by atoms with Crippen molar-refractivity contribution in [2.45, 2.75) is 24.9 Å². The van der Waals surface area contributed by atoms with E-state index in [0.717, 1.165) is 18.2 Å². The van der Waals surface area contributed by atoms with Crippen LogP contribution in [0.15, 0.2) is 36.9 Å². The summed E-state index contributed by atoms with van der Waals surface area (Å²) in [7, 11) is 0. The zero-order valence-electron chi connectivity index (χ0n) is 14.9. The lowest BCUT2D eigenvalue weighted by atomic mass is 10.1. The largest absolute Gasteiger partial charge is 0.459 e. The van der Waals surface area contributed by atoms with Gasteiger partial charge in [-0.15, -0.1) is 0 Å². The first-order chi connectivity index (χ1) is 13.5. The first-order valence-corrected chi connectivity index (χ1v) is 7.81. The first kappa shape index (κ1) is 24.0. The van der Waals surface area contributed by atoms with Crippen molar-refractivity contribution >= 4 is 17.9 Å². The standard InChI is InChI=1S/C17H16F4O8/c1-3-13(22)26-8-9-27-14(23)16(18,19)17(20,21)15(24)28-12-6-4-11(5-7-12)10(2)29-25/h3-7,10,25H,1,8-9H2,2H3/t10-/m0/s1. The molecule has 0 heterocycles. The van der Waals surface area contributed by atoms with Crippen molar-refractivity contribution in [3.8, 4) is 5.75 Å². The molecule has 1 rings (SSSR count).